The zero-order valence-corrected chi connectivity index (χ0v) is 13.4. The average Bonchev–Trinajstić information content (AvgIpc) is 2.95. The molecule has 1 aliphatic heterocycles. The van der Waals surface area contributed by atoms with Crippen molar-refractivity contribution in [1.82, 2.24) is 15.0 Å². The Morgan fingerprint density at radius 2 is 2.00 bits per heavy atom. The molecule has 1 aliphatic rings. The minimum Gasteiger partial charge on any atom is -0.478 e. The summed E-state index contributed by atoms with van der Waals surface area (Å²) in [5.74, 6) is 0.323. The Hall–Kier alpha value is -2.50. The van der Waals surface area contributed by atoms with Gasteiger partial charge in [-0.05, 0) is 50.3 Å². The van der Waals surface area contributed by atoms with E-state index in [9.17, 15) is 4.79 Å². The number of aromatic nitrogens is 3. The molecular formula is C17H20N4O2. The quantitative estimate of drug-likeness (QED) is 0.933. The maximum absolute atomic E-state index is 11.0. The van der Waals surface area contributed by atoms with Crippen LogP contribution in [0.2, 0.25) is 0 Å². The third-order valence-electron chi connectivity index (χ3n) is 4.11. The van der Waals surface area contributed by atoms with Crippen LogP contribution in [0.4, 0.5) is 5.95 Å². The second-order valence-electron chi connectivity index (χ2n) is 6.14. The highest BCUT2D eigenvalue weighted by Crippen LogP contribution is 2.24. The lowest BCUT2D eigenvalue weighted by Crippen LogP contribution is -2.23. The number of carbonyl (C=O) groups is 1. The summed E-state index contributed by atoms with van der Waals surface area (Å²) in [6.45, 7) is 5.78. The van der Waals surface area contributed by atoms with Crippen molar-refractivity contribution in [1.29, 1.82) is 0 Å². The molecule has 23 heavy (non-hydrogen) atoms. The molecule has 1 unspecified atom stereocenters. The fourth-order valence-corrected chi connectivity index (χ4v) is 3.08. The maximum Gasteiger partial charge on any atom is 0.337 e. The minimum atomic E-state index is -0.934. The van der Waals surface area contributed by atoms with Crippen LogP contribution in [0, 0.1) is 19.8 Å². The van der Waals surface area contributed by atoms with E-state index in [0.29, 0.717) is 5.92 Å². The highest BCUT2D eigenvalue weighted by atomic mass is 16.4. The molecule has 1 atom stereocenters. The summed E-state index contributed by atoms with van der Waals surface area (Å²) in [6, 6.07) is 3.69. The van der Waals surface area contributed by atoms with Gasteiger partial charge in [-0.3, -0.25) is 4.98 Å². The number of aromatic carboxylic acids is 1. The van der Waals surface area contributed by atoms with Crippen LogP contribution >= 0.6 is 0 Å². The van der Waals surface area contributed by atoms with Crippen molar-refractivity contribution in [2.45, 2.75) is 26.7 Å². The van der Waals surface area contributed by atoms with Crippen molar-refractivity contribution in [3.63, 3.8) is 0 Å². The predicted molar refractivity (Wildman–Crippen MR) is 86.7 cm³/mol. The lowest BCUT2D eigenvalue weighted by molar-refractivity contribution is 0.0696. The molecule has 3 heterocycles. The topological polar surface area (TPSA) is 79.2 Å². The highest BCUT2D eigenvalue weighted by Gasteiger charge is 2.25. The van der Waals surface area contributed by atoms with Crippen LogP contribution in [-0.4, -0.2) is 39.1 Å². The number of rotatable bonds is 4. The van der Waals surface area contributed by atoms with Crippen molar-refractivity contribution in [3.05, 3.63) is 47.0 Å². The summed E-state index contributed by atoms with van der Waals surface area (Å²) < 4.78 is 0. The van der Waals surface area contributed by atoms with E-state index >= 15 is 0 Å². The van der Waals surface area contributed by atoms with Crippen LogP contribution in [0.5, 0.6) is 0 Å². The molecule has 2 aromatic rings. The fraction of sp³-hybridized carbons (Fsp3) is 0.412. The number of carboxylic acids is 1. The van der Waals surface area contributed by atoms with Gasteiger partial charge in [-0.1, -0.05) is 0 Å². The van der Waals surface area contributed by atoms with E-state index in [1.807, 2.05) is 19.9 Å². The zero-order chi connectivity index (χ0) is 16.4. The van der Waals surface area contributed by atoms with Gasteiger partial charge in [0.15, 0.2) is 0 Å². The molecule has 1 saturated heterocycles. The van der Waals surface area contributed by atoms with Crippen LogP contribution in [0.25, 0.3) is 0 Å². The molecule has 2 aromatic heterocycles. The van der Waals surface area contributed by atoms with Gasteiger partial charge in [-0.15, -0.1) is 0 Å². The molecule has 6 nitrogen and oxygen atoms in total. The monoisotopic (exact) mass is 312 g/mol. The van der Waals surface area contributed by atoms with Gasteiger partial charge in [-0.25, -0.2) is 14.8 Å². The molecular weight excluding hydrogens is 292 g/mol. The van der Waals surface area contributed by atoms with Crippen LogP contribution in [0.3, 0.4) is 0 Å². The first-order valence-electron chi connectivity index (χ1n) is 7.75. The molecule has 0 amide bonds. The van der Waals surface area contributed by atoms with E-state index in [1.54, 1.807) is 12.3 Å². The largest absolute Gasteiger partial charge is 0.478 e. The van der Waals surface area contributed by atoms with Crippen molar-refractivity contribution < 1.29 is 9.90 Å². The van der Waals surface area contributed by atoms with E-state index in [0.717, 1.165) is 48.8 Å². The second-order valence-corrected chi connectivity index (χ2v) is 6.14. The van der Waals surface area contributed by atoms with Crippen LogP contribution < -0.4 is 4.90 Å². The number of nitrogens with zero attached hydrogens (tertiary/aromatic N) is 4. The van der Waals surface area contributed by atoms with E-state index < -0.39 is 5.97 Å². The molecule has 0 aliphatic carbocycles. The van der Waals surface area contributed by atoms with Gasteiger partial charge in [0.05, 0.1) is 5.56 Å². The first kappa shape index (κ1) is 15.4. The number of hydrogen-bond donors (Lipinski definition) is 1. The van der Waals surface area contributed by atoms with Gasteiger partial charge in [0.25, 0.3) is 0 Å². The summed E-state index contributed by atoms with van der Waals surface area (Å²) in [4.78, 5) is 26.3. The molecule has 0 radical (unpaired) electrons. The Kier molecular flexibility index (Phi) is 4.23. The van der Waals surface area contributed by atoms with Crippen LogP contribution in [0.15, 0.2) is 24.5 Å². The first-order chi connectivity index (χ1) is 11.0. The number of aryl methyl sites for hydroxylation is 2. The molecule has 120 valence electrons. The van der Waals surface area contributed by atoms with Crippen molar-refractivity contribution in [2.24, 2.45) is 5.92 Å². The molecule has 0 saturated carbocycles. The Balaban J connectivity index is 1.68. The van der Waals surface area contributed by atoms with Crippen molar-refractivity contribution in [3.8, 4) is 0 Å². The predicted octanol–water partition coefficient (Wildman–Crippen LogP) is 2.26. The van der Waals surface area contributed by atoms with Crippen molar-refractivity contribution >= 4 is 11.9 Å². The Bertz CT molecular complexity index is 712. The third kappa shape index (κ3) is 3.64. The maximum atomic E-state index is 11.0. The van der Waals surface area contributed by atoms with Gasteiger partial charge in [-0.2, -0.15) is 0 Å². The van der Waals surface area contributed by atoms with Crippen LogP contribution in [0.1, 0.15) is 33.7 Å². The molecule has 1 N–H and O–H groups in total. The summed E-state index contributed by atoms with van der Waals surface area (Å²) in [7, 11) is 0. The lowest BCUT2D eigenvalue weighted by atomic mass is 9.99. The van der Waals surface area contributed by atoms with Gasteiger partial charge in [0.1, 0.15) is 0 Å². The van der Waals surface area contributed by atoms with Gasteiger partial charge in [0.2, 0.25) is 5.95 Å². The summed E-state index contributed by atoms with van der Waals surface area (Å²) >= 11 is 0. The first-order valence-corrected chi connectivity index (χ1v) is 7.75. The van der Waals surface area contributed by atoms with E-state index in [4.69, 9.17) is 5.11 Å². The molecule has 1 fully saturated rings. The molecule has 0 aromatic carbocycles. The van der Waals surface area contributed by atoms with Gasteiger partial charge >= 0.3 is 5.97 Å². The summed E-state index contributed by atoms with van der Waals surface area (Å²) in [5, 5.41) is 9.05. The summed E-state index contributed by atoms with van der Waals surface area (Å²) in [6.07, 6.45) is 5.02. The minimum absolute atomic E-state index is 0.245. The Morgan fingerprint density at radius 3 is 2.70 bits per heavy atom. The smallest absolute Gasteiger partial charge is 0.337 e. The Morgan fingerprint density at radius 1 is 1.26 bits per heavy atom. The zero-order valence-electron chi connectivity index (χ0n) is 13.4. The molecule has 3 rings (SSSR count). The Labute approximate surface area is 135 Å². The normalized spacial score (nSPS) is 17.5. The van der Waals surface area contributed by atoms with Gasteiger partial charge in [0, 0.05) is 36.9 Å². The lowest BCUT2D eigenvalue weighted by Gasteiger charge is -2.17. The van der Waals surface area contributed by atoms with Crippen molar-refractivity contribution in [2.75, 3.05) is 18.0 Å². The number of hydrogen-bond acceptors (Lipinski definition) is 5. The van der Waals surface area contributed by atoms with E-state index in [-0.39, 0.29) is 5.56 Å². The number of pyridine rings is 1. The molecule has 6 heteroatoms. The number of anilines is 1. The summed E-state index contributed by atoms with van der Waals surface area (Å²) in [5.41, 5.74) is 3.18. The van der Waals surface area contributed by atoms with Crippen LogP contribution in [-0.2, 0) is 6.42 Å². The average molecular weight is 312 g/mol. The third-order valence-corrected chi connectivity index (χ3v) is 4.11. The highest BCUT2D eigenvalue weighted by molar-refractivity contribution is 5.87. The SMILES string of the molecule is Cc1cc(C)nc(N2CCC(Cc3cncc(C(=O)O)c3)C2)n1. The second kappa shape index (κ2) is 6.32. The molecule has 0 spiro atoms. The van der Waals surface area contributed by atoms with Gasteiger partial charge < -0.3 is 10.0 Å². The number of carboxylic acid groups (broad SMARTS) is 1. The standard InChI is InChI=1S/C17H20N4O2/c1-11-5-12(2)20-17(19-11)21-4-3-13(10-21)6-14-7-15(16(22)23)9-18-8-14/h5,7-9,13H,3-4,6,10H2,1-2H3,(H,22,23). The van der Waals surface area contributed by atoms with E-state index in [1.165, 1.54) is 6.20 Å². The van der Waals surface area contributed by atoms with E-state index in [2.05, 4.69) is 19.9 Å². The fourth-order valence-electron chi connectivity index (χ4n) is 3.08. The molecule has 0 bridgehead atoms.